The highest BCUT2D eigenvalue weighted by Crippen LogP contribution is 2.35. The zero-order valence-corrected chi connectivity index (χ0v) is 20.5. The van der Waals surface area contributed by atoms with E-state index in [9.17, 15) is 14.4 Å². The maximum absolute atomic E-state index is 13.1. The van der Waals surface area contributed by atoms with Gasteiger partial charge in [0.25, 0.3) is 11.1 Å². The lowest BCUT2D eigenvalue weighted by Crippen LogP contribution is -2.34. The Morgan fingerprint density at radius 3 is 2.77 bits per heavy atom. The minimum atomic E-state index is -0.356. The number of nitrogens with zero attached hydrogens (tertiary/aromatic N) is 2. The third-order valence-corrected chi connectivity index (χ3v) is 7.41. The van der Waals surface area contributed by atoms with E-state index in [0.29, 0.717) is 22.0 Å². The van der Waals surface area contributed by atoms with Crippen LogP contribution in [0.3, 0.4) is 0 Å². The average molecular weight is 510 g/mol. The molecule has 7 nitrogen and oxygen atoms in total. The highest BCUT2D eigenvalue weighted by Gasteiger charge is 2.35. The molecule has 3 amide bonds. The summed E-state index contributed by atoms with van der Waals surface area (Å²) in [7, 11) is 0. The van der Waals surface area contributed by atoms with E-state index in [2.05, 4.69) is 5.32 Å². The van der Waals surface area contributed by atoms with Crippen LogP contribution < -0.4 is 5.32 Å². The fourth-order valence-electron chi connectivity index (χ4n) is 4.34. The molecule has 2 aliphatic heterocycles. The largest absolute Gasteiger partial charge is 0.376 e. The third-order valence-electron chi connectivity index (χ3n) is 6.13. The molecule has 5 rings (SSSR count). The van der Waals surface area contributed by atoms with E-state index in [0.717, 1.165) is 47.7 Å². The Bertz CT molecular complexity index is 1330. The molecule has 1 atom stereocenters. The van der Waals surface area contributed by atoms with Crippen LogP contribution in [-0.4, -0.2) is 45.8 Å². The molecule has 3 heterocycles. The minimum absolute atomic E-state index is 0.0808. The van der Waals surface area contributed by atoms with E-state index >= 15 is 0 Å². The normalized spacial score (nSPS) is 19.3. The van der Waals surface area contributed by atoms with Crippen LogP contribution in [0.1, 0.15) is 24.0 Å². The van der Waals surface area contributed by atoms with Crippen molar-refractivity contribution in [3.05, 3.63) is 75.8 Å². The van der Waals surface area contributed by atoms with Crippen molar-refractivity contribution in [2.45, 2.75) is 32.0 Å². The van der Waals surface area contributed by atoms with Gasteiger partial charge in [0.2, 0.25) is 5.91 Å². The van der Waals surface area contributed by atoms with E-state index in [4.69, 9.17) is 16.3 Å². The minimum Gasteiger partial charge on any atom is -0.376 e. The van der Waals surface area contributed by atoms with Crippen molar-refractivity contribution < 1.29 is 19.1 Å². The molecule has 2 aromatic carbocycles. The Balaban J connectivity index is 1.35. The number of thioether (sulfide) groups is 1. The topological polar surface area (TPSA) is 80.6 Å². The first-order valence-corrected chi connectivity index (χ1v) is 12.6. The Labute approximate surface area is 212 Å². The second-order valence-corrected chi connectivity index (χ2v) is 9.93. The first-order chi connectivity index (χ1) is 17.0. The van der Waals surface area contributed by atoms with Gasteiger partial charge in [-0.3, -0.25) is 19.3 Å². The van der Waals surface area contributed by atoms with E-state index in [1.54, 1.807) is 24.3 Å². The van der Waals surface area contributed by atoms with Gasteiger partial charge in [0.1, 0.15) is 6.54 Å². The maximum atomic E-state index is 13.1. The van der Waals surface area contributed by atoms with Crippen molar-refractivity contribution in [1.29, 1.82) is 0 Å². The van der Waals surface area contributed by atoms with Crippen molar-refractivity contribution in [2.24, 2.45) is 0 Å². The molecule has 9 heteroatoms. The Morgan fingerprint density at radius 1 is 1.17 bits per heavy atom. The molecule has 0 saturated carbocycles. The number of carbonyl (C=O) groups excluding carboxylic acids is 3. The van der Waals surface area contributed by atoms with Crippen LogP contribution in [0.5, 0.6) is 0 Å². The van der Waals surface area contributed by atoms with Crippen LogP contribution in [0, 0.1) is 0 Å². The standard InChI is InChI=1S/C26H24ClN3O4S/c27-21-9-3-1-6-17(21)15-30-25(32)23(35-26(30)33)12-18-14-29(22-10-4-2-8-20(18)22)16-24(31)28-13-19-7-5-11-34-19/h1-4,6,8-10,12,14,19H,5,7,11,13,15-16H2,(H,28,31)/b23-12-/t19-/m0/s1. The molecule has 0 aliphatic carbocycles. The van der Waals surface area contributed by atoms with Crippen LogP contribution in [0.25, 0.3) is 17.0 Å². The number of rotatable bonds is 7. The number of ether oxygens (including phenoxy) is 1. The molecule has 0 bridgehead atoms. The molecule has 1 aromatic heterocycles. The number of fused-ring (bicyclic) bond motifs is 1. The molecule has 2 fully saturated rings. The first kappa shape index (κ1) is 23.7. The predicted octanol–water partition coefficient (Wildman–Crippen LogP) is 4.83. The van der Waals surface area contributed by atoms with Crippen LogP contribution in [0.4, 0.5) is 4.79 Å². The smallest absolute Gasteiger partial charge is 0.293 e. The lowest BCUT2D eigenvalue weighted by molar-refractivity contribution is -0.123. The van der Waals surface area contributed by atoms with Gasteiger partial charge in [-0.2, -0.15) is 0 Å². The Morgan fingerprint density at radius 2 is 1.97 bits per heavy atom. The zero-order chi connectivity index (χ0) is 24.4. The van der Waals surface area contributed by atoms with Crippen molar-refractivity contribution >= 4 is 57.4 Å². The van der Waals surface area contributed by atoms with Crippen LogP contribution in [0.15, 0.2) is 59.6 Å². The number of carbonyl (C=O) groups is 3. The van der Waals surface area contributed by atoms with Crippen molar-refractivity contribution in [2.75, 3.05) is 13.2 Å². The molecule has 3 aromatic rings. The van der Waals surface area contributed by atoms with Gasteiger partial charge in [-0.25, -0.2) is 0 Å². The van der Waals surface area contributed by atoms with Crippen molar-refractivity contribution in [3.63, 3.8) is 0 Å². The van der Waals surface area contributed by atoms with Crippen molar-refractivity contribution in [1.82, 2.24) is 14.8 Å². The maximum Gasteiger partial charge on any atom is 0.293 e. The summed E-state index contributed by atoms with van der Waals surface area (Å²) in [6.45, 7) is 1.52. The number of nitrogens with one attached hydrogen (secondary N) is 1. The summed E-state index contributed by atoms with van der Waals surface area (Å²) in [5.41, 5.74) is 2.36. The summed E-state index contributed by atoms with van der Waals surface area (Å²) >= 11 is 7.13. The quantitative estimate of drug-likeness (QED) is 0.461. The molecule has 2 aliphatic rings. The molecule has 35 heavy (non-hydrogen) atoms. The first-order valence-electron chi connectivity index (χ1n) is 11.4. The molecular weight excluding hydrogens is 486 g/mol. The molecular formula is C26H24ClN3O4S. The molecule has 0 spiro atoms. The van der Waals surface area contributed by atoms with E-state index in [1.165, 1.54) is 4.90 Å². The van der Waals surface area contributed by atoms with E-state index in [-0.39, 0.29) is 36.2 Å². The number of benzene rings is 2. The number of halogens is 1. The van der Waals surface area contributed by atoms with Crippen molar-refractivity contribution in [3.8, 4) is 0 Å². The lowest BCUT2D eigenvalue weighted by atomic mass is 10.1. The summed E-state index contributed by atoms with van der Waals surface area (Å²) < 4.78 is 7.43. The highest BCUT2D eigenvalue weighted by molar-refractivity contribution is 8.18. The highest BCUT2D eigenvalue weighted by atomic mass is 35.5. The van der Waals surface area contributed by atoms with Crippen LogP contribution in [-0.2, 0) is 27.4 Å². The van der Waals surface area contributed by atoms with Gasteiger partial charge in [0.15, 0.2) is 0 Å². The number of hydrogen-bond acceptors (Lipinski definition) is 5. The predicted molar refractivity (Wildman–Crippen MR) is 137 cm³/mol. The summed E-state index contributed by atoms with van der Waals surface area (Å²) in [5.74, 6) is -0.459. The second-order valence-electron chi connectivity index (χ2n) is 8.53. The number of amides is 3. The Hall–Kier alpha value is -3.07. The van der Waals surface area contributed by atoms with E-state index < -0.39 is 0 Å². The SMILES string of the molecule is O=C(Cn1cc(/C=C2\SC(=O)N(Cc3ccccc3Cl)C2=O)c2ccccc21)NC[C@@H]1CCCO1. The van der Waals surface area contributed by atoms with Gasteiger partial charge >= 0.3 is 0 Å². The number of imide groups is 1. The van der Waals surface area contributed by atoms with Gasteiger partial charge in [0, 0.05) is 40.8 Å². The molecule has 0 unspecified atom stereocenters. The molecule has 180 valence electrons. The zero-order valence-electron chi connectivity index (χ0n) is 18.9. The second kappa shape index (κ2) is 10.3. The number of aromatic nitrogens is 1. The monoisotopic (exact) mass is 509 g/mol. The molecule has 1 N–H and O–H groups in total. The number of para-hydroxylation sites is 1. The van der Waals surface area contributed by atoms with Gasteiger partial charge in [0.05, 0.1) is 17.6 Å². The lowest BCUT2D eigenvalue weighted by Gasteiger charge is -2.13. The Kier molecular flexibility index (Phi) is 6.95. The van der Waals surface area contributed by atoms with Gasteiger partial charge in [-0.05, 0) is 48.4 Å². The summed E-state index contributed by atoms with van der Waals surface area (Å²) in [6, 6.07) is 14.8. The number of hydrogen-bond donors (Lipinski definition) is 1. The summed E-state index contributed by atoms with van der Waals surface area (Å²) in [4.78, 5) is 39.8. The third kappa shape index (κ3) is 5.15. The summed E-state index contributed by atoms with van der Waals surface area (Å²) in [6.07, 6.45) is 5.63. The summed E-state index contributed by atoms with van der Waals surface area (Å²) in [5, 5.41) is 4.02. The van der Waals surface area contributed by atoms with E-state index in [1.807, 2.05) is 41.1 Å². The average Bonchev–Trinajstić information content (AvgIpc) is 3.56. The fraction of sp³-hybridized carbons (Fsp3) is 0.269. The fourth-order valence-corrected chi connectivity index (χ4v) is 5.36. The van der Waals surface area contributed by atoms with Gasteiger partial charge in [-0.15, -0.1) is 0 Å². The molecule has 2 saturated heterocycles. The van der Waals surface area contributed by atoms with Crippen LogP contribution in [0.2, 0.25) is 5.02 Å². The molecule has 0 radical (unpaired) electrons. The van der Waals surface area contributed by atoms with Crippen LogP contribution >= 0.6 is 23.4 Å². The van der Waals surface area contributed by atoms with Gasteiger partial charge < -0.3 is 14.6 Å². The van der Waals surface area contributed by atoms with Gasteiger partial charge in [-0.1, -0.05) is 48.0 Å².